The number of rotatable bonds is 5. The Hall–Kier alpha value is -3.28. The number of halogens is 1. The van der Waals surface area contributed by atoms with Crippen LogP contribution < -0.4 is 10.9 Å². The molecule has 1 amide bonds. The van der Waals surface area contributed by atoms with Crippen LogP contribution in [0.2, 0.25) is 0 Å². The number of hydrogen-bond donors (Lipinski definition) is 1. The zero-order valence-electron chi connectivity index (χ0n) is 13.4. The molecule has 1 aromatic heterocycles. The van der Waals surface area contributed by atoms with E-state index in [0.717, 1.165) is 10.2 Å². The normalized spacial score (nSPS) is 10.4. The summed E-state index contributed by atoms with van der Waals surface area (Å²) in [5.74, 6) is -0.660. The summed E-state index contributed by atoms with van der Waals surface area (Å²) in [7, 11) is 0. The molecule has 0 radical (unpaired) electrons. The van der Waals surface area contributed by atoms with Gasteiger partial charge in [-0.25, -0.2) is 9.07 Å². The summed E-state index contributed by atoms with van der Waals surface area (Å²) in [5, 5.41) is 6.94. The molecule has 0 spiro atoms. The van der Waals surface area contributed by atoms with Gasteiger partial charge in [-0.1, -0.05) is 30.3 Å². The maximum atomic E-state index is 13.0. The van der Waals surface area contributed by atoms with E-state index in [0.29, 0.717) is 17.8 Å². The fourth-order valence-corrected chi connectivity index (χ4v) is 2.33. The fraction of sp³-hybridized carbons (Fsp3) is 0.105. The van der Waals surface area contributed by atoms with Crippen LogP contribution in [0, 0.1) is 5.82 Å². The number of nitrogens with one attached hydrogen (secondary N) is 1. The van der Waals surface area contributed by atoms with Crippen molar-refractivity contribution in [1.82, 2.24) is 15.1 Å². The molecule has 1 N–H and O–H groups in total. The van der Waals surface area contributed by atoms with Gasteiger partial charge in [0.2, 0.25) is 5.91 Å². The summed E-state index contributed by atoms with van der Waals surface area (Å²) in [6, 6.07) is 18.2. The minimum Gasteiger partial charge on any atom is -0.350 e. The van der Waals surface area contributed by atoms with Crippen LogP contribution in [0.25, 0.3) is 11.3 Å². The van der Waals surface area contributed by atoms with E-state index in [4.69, 9.17) is 0 Å². The lowest BCUT2D eigenvalue weighted by Crippen LogP contribution is -2.33. The second-order valence-corrected chi connectivity index (χ2v) is 5.48. The maximum Gasteiger partial charge on any atom is 0.267 e. The van der Waals surface area contributed by atoms with Gasteiger partial charge in [-0.05, 0) is 35.9 Å². The number of carbonyl (C=O) groups excluding carboxylic acids is 1. The predicted molar refractivity (Wildman–Crippen MR) is 92.2 cm³/mol. The first-order chi connectivity index (χ1) is 12.1. The minimum atomic E-state index is -0.374. The molecule has 126 valence electrons. The van der Waals surface area contributed by atoms with E-state index in [1.165, 1.54) is 18.2 Å². The van der Waals surface area contributed by atoms with Gasteiger partial charge in [0.25, 0.3) is 5.56 Å². The van der Waals surface area contributed by atoms with Gasteiger partial charge in [0, 0.05) is 18.2 Å². The van der Waals surface area contributed by atoms with E-state index in [1.54, 1.807) is 18.2 Å². The first-order valence-electron chi connectivity index (χ1n) is 7.76. The average Bonchev–Trinajstić information content (AvgIpc) is 2.63. The van der Waals surface area contributed by atoms with Gasteiger partial charge in [-0.2, -0.15) is 5.10 Å². The van der Waals surface area contributed by atoms with Crippen molar-refractivity contribution in [3.05, 3.63) is 88.5 Å². The monoisotopic (exact) mass is 337 g/mol. The van der Waals surface area contributed by atoms with Gasteiger partial charge in [0.1, 0.15) is 12.4 Å². The standard InChI is InChI=1S/C19H16FN3O2/c20-16-8-6-15(7-9-16)17-10-11-19(25)23(22-17)13-18(24)21-12-14-4-2-1-3-5-14/h1-11H,12-13H2,(H,21,24). The Kier molecular flexibility index (Phi) is 4.99. The Bertz CT molecular complexity index is 921. The number of benzene rings is 2. The van der Waals surface area contributed by atoms with Gasteiger partial charge in [0.05, 0.1) is 5.69 Å². The summed E-state index contributed by atoms with van der Waals surface area (Å²) in [5.41, 5.74) is 1.76. The third kappa shape index (κ3) is 4.38. The molecule has 0 saturated heterocycles. The van der Waals surface area contributed by atoms with E-state index < -0.39 is 0 Å². The smallest absolute Gasteiger partial charge is 0.267 e. The topological polar surface area (TPSA) is 64.0 Å². The van der Waals surface area contributed by atoms with Crippen molar-refractivity contribution >= 4 is 5.91 Å². The van der Waals surface area contributed by atoms with Crippen LogP contribution in [-0.2, 0) is 17.9 Å². The first kappa shape index (κ1) is 16.6. The first-order valence-corrected chi connectivity index (χ1v) is 7.76. The largest absolute Gasteiger partial charge is 0.350 e. The predicted octanol–water partition coefficient (Wildman–Crippen LogP) is 2.37. The van der Waals surface area contributed by atoms with Crippen LogP contribution in [0.1, 0.15) is 5.56 Å². The average molecular weight is 337 g/mol. The summed E-state index contributed by atoms with van der Waals surface area (Å²) >= 11 is 0. The molecule has 2 aromatic carbocycles. The van der Waals surface area contributed by atoms with E-state index in [2.05, 4.69) is 10.4 Å². The van der Waals surface area contributed by atoms with E-state index >= 15 is 0 Å². The molecule has 5 nitrogen and oxygen atoms in total. The lowest BCUT2D eigenvalue weighted by atomic mass is 10.1. The van der Waals surface area contributed by atoms with Crippen LogP contribution in [0.4, 0.5) is 4.39 Å². The third-order valence-corrected chi connectivity index (χ3v) is 3.63. The SMILES string of the molecule is O=C(Cn1nc(-c2ccc(F)cc2)ccc1=O)NCc1ccccc1. The second-order valence-electron chi connectivity index (χ2n) is 5.48. The van der Waals surface area contributed by atoms with Crippen molar-refractivity contribution < 1.29 is 9.18 Å². The molecule has 0 saturated carbocycles. The fourth-order valence-electron chi connectivity index (χ4n) is 2.33. The van der Waals surface area contributed by atoms with Gasteiger partial charge < -0.3 is 5.32 Å². The minimum absolute atomic E-state index is 0.180. The summed E-state index contributed by atoms with van der Waals surface area (Å²) in [6.07, 6.45) is 0. The van der Waals surface area contributed by atoms with Gasteiger partial charge >= 0.3 is 0 Å². The highest BCUT2D eigenvalue weighted by Gasteiger charge is 2.08. The highest BCUT2D eigenvalue weighted by Crippen LogP contribution is 2.15. The Morgan fingerprint density at radius 3 is 2.44 bits per heavy atom. The highest BCUT2D eigenvalue weighted by atomic mass is 19.1. The summed E-state index contributed by atoms with van der Waals surface area (Å²) < 4.78 is 14.1. The van der Waals surface area contributed by atoms with Crippen molar-refractivity contribution in [3.63, 3.8) is 0 Å². The number of carbonyl (C=O) groups is 1. The lowest BCUT2D eigenvalue weighted by molar-refractivity contribution is -0.122. The van der Waals surface area contributed by atoms with Gasteiger partial charge in [0.15, 0.2) is 0 Å². The molecule has 0 atom stereocenters. The third-order valence-electron chi connectivity index (χ3n) is 3.63. The van der Waals surface area contributed by atoms with Crippen LogP contribution in [0.15, 0.2) is 71.5 Å². The quantitative estimate of drug-likeness (QED) is 0.777. The van der Waals surface area contributed by atoms with Crippen molar-refractivity contribution in [2.75, 3.05) is 0 Å². The van der Waals surface area contributed by atoms with Crippen LogP contribution in [-0.4, -0.2) is 15.7 Å². The van der Waals surface area contributed by atoms with Crippen molar-refractivity contribution in [1.29, 1.82) is 0 Å². The lowest BCUT2D eigenvalue weighted by Gasteiger charge is -2.08. The molecular weight excluding hydrogens is 321 g/mol. The van der Waals surface area contributed by atoms with Crippen LogP contribution in [0.3, 0.4) is 0 Å². The molecule has 25 heavy (non-hydrogen) atoms. The molecule has 1 heterocycles. The number of hydrogen-bond acceptors (Lipinski definition) is 3. The Balaban J connectivity index is 1.71. The summed E-state index contributed by atoms with van der Waals surface area (Å²) in [6.45, 7) is 0.201. The molecule has 0 aliphatic carbocycles. The van der Waals surface area contributed by atoms with Crippen LogP contribution >= 0.6 is 0 Å². The van der Waals surface area contributed by atoms with Crippen molar-refractivity contribution in [2.45, 2.75) is 13.1 Å². The number of nitrogens with zero attached hydrogens (tertiary/aromatic N) is 2. The molecule has 0 aliphatic rings. The maximum absolute atomic E-state index is 13.0. The Labute approximate surface area is 143 Å². The molecule has 3 aromatic rings. The van der Waals surface area contributed by atoms with Crippen LogP contribution in [0.5, 0.6) is 0 Å². The van der Waals surface area contributed by atoms with E-state index in [9.17, 15) is 14.0 Å². The van der Waals surface area contributed by atoms with Gasteiger partial charge in [-0.15, -0.1) is 0 Å². The summed E-state index contributed by atoms with van der Waals surface area (Å²) in [4.78, 5) is 24.0. The second kappa shape index (κ2) is 7.53. The van der Waals surface area contributed by atoms with Gasteiger partial charge in [-0.3, -0.25) is 9.59 Å². The zero-order chi connectivity index (χ0) is 17.6. The number of amides is 1. The van der Waals surface area contributed by atoms with Crippen molar-refractivity contribution in [2.24, 2.45) is 0 Å². The molecule has 0 unspecified atom stereocenters. The van der Waals surface area contributed by atoms with E-state index in [1.807, 2.05) is 30.3 Å². The van der Waals surface area contributed by atoms with Crippen molar-refractivity contribution in [3.8, 4) is 11.3 Å². The molecule has 0 fully saturated rings. The molecular formula is C19H16FN3O2. The number of aromatic nitrogens is 2. The zero-order valence-corrected chi connectivity index (χ0v) is 13.4. The van der Waals surface area contributed by atoms with E-state index in [-0.39, 0.29) is 23.8 Å². The highest BCUT2D eigenvalue weighted by molar-refractivity contribution is 5.75. The Morgan fingerprint density at radius 1 is 1.00 bits per heavy atom. The molecule has 0 bridgehead atoms. The molecule has 3 rings (SSSR count). The molecule has 6 heteroatoms. The Morgan fingerprint density at radius 2 is 1.72 bits per heavy atom. The molecule has 0 aliphatic heterocycles.